The molecule has 0 atom stereocenters. The van der Waals surface area contributed by atoms with Gasteiger partial charge in [0.1, 0.15) is 0 Å². The average molecular weight is 232 g/mol. The van der Waals surface area contributed by atoms with Crippen molar-refractivity contribution in [2.24, 2.45) is 0 Å². The van der Waals surface area contributed by atoms with Gasteiger partial charge >= 0.3 is 0 Å². The molecule has 0 aromatic heterocycles. The van der Waals surface area contributed by atoms with E-state index in [1.165, 1.54) is 0 Å². The lowest BCUT2D eigenvalue weighted by molar-refractivity contribution is 0.103. The summed E-state index contributed by atoms with van der Waals surface area (Å²) in [5.74, 6) is 0.0150. The Morgan fingerprint density at radius 3 is 2.06 bits per heavy atom. The first-order chi connectivity index (χ1) is 7.29. The standard InChI is InChI=1S/C13H10OS.H2O/c14-13(10-6-2-1-3-7-10)11-8-4-5-9-12(11)15;/h1-9,15H;1H2. The number of hydrogen-bond acceptors (Lipinski definition) is 2. The summed E-state index contributed by atoms with van der Waals surface area (Å²) in [4.78, 5) is 12.7. The summed E-state index contributed by atoms with van der Waals surface area (Å²) in [7, 11) is 0. The lowest BCUT2D eigenvalue weighted by Crippen LogP contribution is -2.01. The zero-order valence-corrected chi connectivity index (χ0v) is 9.45. The molecular weight excluding hydrogens is 220 g/mol. The number of thiol groups is 1. The van der Waals surface area contributed by atoms with E-state index >= 15 is 0 Å². The molecule has 3 heteroatoms. The van der Waals surface area contributed by atoms with Crippen molar-refractivity contribution in [1.29, 1.82) is 0 Å². The predicted molar refractivity (Wildman–Crippen MR) is 67.2 cm³/mol. The van der Waals surface area contributed by atoms with E-state index in [1.807, 2.05) is 48.5 Å². The van der Waals surface area contributed by atoms with Gasteiger partial charge in [-0.25, -0.2) is 0 Å². The Balaban J connectivity index is 0.00000128. The molecule has 82 valence electrons. The first kappa shape index (κ1) is 12.5. The summed E-state index contributed by atoms with van der Waals surface area (Å²) in [6.45, 7) is 0. The molecule has 2 nitrogen and oxygen atoms in total. The van der Waals surface area contributed by atoms with Crippen LogP contribution in [0, 0.1) is 0 Å². The lowest BCUT2D eigenvalue weighted by atomic mass is 10.0. The van der Waals surface area contributed by atoms with E-state index < -0.39 is 0 Å². The molecule has 0 fully saturated rings. The zero-order valence-electron chi connectivity index (χ0n) is 8.55. The largest absolute Gasteiger partial charge is 0.412 e. The summed E-state index contributed by atoms with van der Waals surface area (Å²) < 4.78 is 0. The minimum absolute atomic E-state index is 0. The summed E-state index contributed by atoms with van der Waals surface area (Å²) >= 11 is 4.27. The maximum absolute atomic E-state index is 12.0. The van der Waals surface area contributed by atoms with E-state index in [0.29, 0.717) is 16.0 Å². The van der Waals surface area contributed by atoms with Crippen molar-refractivity contribution in [3.63, 3.8) is 0 Å². The van der Waals surface area contributed by atoms with Crippen LogP contribution in [0.25, 0.3) is 0 Å². The molecule has 0 spiro atoms. The predicted octanol–water partition coefficient (Wildman–Crippen LogP) is 2.38. The fraction of sp³-hybridized carbons (Fsp3) is 0. The van der Waals surface area contributed by atoms with Gasteiger partial charge in [-0.15, -0.1) is 12.6 Å². The SMILES string of the molecule is O.O=C(c1ccccc1)c1ccccc1S. The number of hydrogen-bond donors (Lipinski definition) is 1. The van der Waals surface area contributed by atoms with Crippen LogP contribution in [0.2, 0.25) is 0 Å². The highest BCUT2D eigenvalue weighted by atomic mass is 32.1. The van der Waals surface area contributed by atoms with Gasteiger partial charge in [0.25, 0.3) is 0 Å². The van der Waals surface area contributed by atoms with E-state index in [4.69, 9.17) is 0 Å². The van der Waals surface area contributed by atoms with Crippen LogP contribution in [-0.4, -0.2) is 11.3 Å². The molecule has 0 radical (unpaired) electrons. The van der Waals surface area contributed by atoms with Crippen molar-refractivity contribution < 1.29 is 10.3 Å². The molecule has 0 unspecified atom stereocenters. The maximum Gasteiger partial charge on any atom is 0.194 e. The van der Waals surface area contributed by atoms with Gasteiger partial charge in [0.2, 0.25) is 0 Å². The zero-order chi connectivity index (χ0) is 10.7. The fourth-order valence-corrected chi connectivity index (χ4v) is 1.67. The molecule has 2 rings (SSSR count). The molecule has 2 N–H and O–H groups in total. The van der Waals surface area contributed by atoms with Crippen LogP contribution in [0.4, 0.5) is 0 Å². The van der Waals surface area contributed by atoms with Crippen LogP contribution in [0.15, 0.2) is 59.5 Å². The second-order valence-corrected chi connectivity index (χ2v) is 3.69. The van der Waals surface area contributed by atoms with Crippen LogP contribution in [0.5, 0.6) is 0 Å². The molecule has 0 bridgehead atoms. The second kappa shape index (κ2) is 5.49. The summed E-state index contributed by atoms with van der Waals surface area (Å²) in [5.41, 5.74) is 1.34. The van der Waals surface area contributed by atoms with E-state index in [9.17, 15) is 4.79 Å². The molecule has 0 aliphatic rings. The van der Waals surface area contributed by atoms with Gasteiger partial charge in [0.15, 0.2) is 5.78 Å². The molecule has 0 amide bonds. The summed E-state index contributed by atoms with van der Waals surface area (Å²) in [5, 5.41) is 0. The highest BCUT2D eigenvalue weighted by molar-refractivity contribution is 7.80. The minimum Gasteiger partial charge on any atom is -0.412 e. The maximum atomic E-state index is 12.0. The molecular formula is C13H12O2S. The number of ketones is 1. The van der Waals surface area contributed by atoms with E-state index in [1.54, 1.807) is 6.07 Å². The third kappa shape index (κ3) is 2.51. The van der Waals surface area contributed by atoms with Gasteiger partial charge in [0, 0.05) is 16.0 Å². The van der Waals surface area contributed by atoms with Crippen molar-refractivity contribution in [3.8, 4) is 0 Å². The third-order valence-corrected chi connectivity index (χ3v) is 2.57. The van der Waals surface area contributed by atoms with Gasteiger partial charge < -0.3 is 5.48 Å². The van der Waals surface area contributed by atoms with E-state index in [2.05, 4.69) is 12.6 Å². The molecule has 0 saturated heterocycles. The smallest absolute Gasteiger partial charge is 0.194 e. The van der Waals surface area contributed by atoms with Crippen LogP contribution < -0.4 is 0 Å². The Morgan fingerprint density at radius 1 is 0.875 bits per heavy atom. The van der Waals surface area contributed by atoms with Gasteiger partial charge in [-0.05, 0) is 12.1 Å². The third-order valence-electron chi connectivity index (χ3n) is 2.18. The second-order valence-electron chi connectivity index (χ2n) is 3.21. The topological polar surface area (TPSA) is 48.6 Å². The van der Waals surface area contributed by atoms with Gasteiger partial charge in [0.05, 0.1) is 0 Å². The van der Waals surface area contributed by atoms with Crippen molar-refractivity contribution in [2.75, 3.05) is 0 Å². The summed E-state index contributed by atoms with van der Waals surface area (Å²) in [6.07, 6.45) is 0. The Kier molecular flexibility index (Phi) is 4.28. The number of carbonyl (C=O) groups is 1. The first-order valence-corrected chi connectivity index (χ1v) is 5.11. The number of benzene rings is 2. The Hall–Kier alpha value is -1.58. The summed E-state index contributed by atoms with van der Waals surface area (Å²) in [6, 6.07) is 16.5. The van der Waals surface area contributed by atoms with Gasteiger partial charge in [-0.3, -0.25) is 4.79 Å². The van der Waals surface area contributed by atoms with Crippen molar-refractivity contribution >= 4 is 18.4 Å². The minimum atomic E-state index is 0. The van der Waals surface area contributed by atoms with Crippen LogP contribution in [0.1, 0.15) is 15.9 Å². The van der Waals surface area contributed by atoms with Crippen LogP contribution in [0.3, 0.4) is 0 Å². The van der Waals surface area contributed by atoms with Crippen LogP contribution >= 0.6 is 12.6 Å². The molecule has 16 heavy (non-hydrogen) atoms. The Bertz CT molecular complexity index is 480. The van der Waals surface area contributed by atoms with Gasteiger partial charge in [-0.1, -0.05) is 42.5 Å². The first-order valence-electron chi connectivity index (χ1n) is 4.67. The molecule has 0 saturated carbocycles. The number of rotatable bonds is 2. The lowest BCUT2D eigenvalue weighted by Gasteiger charge is -2.03. The molecule has 0 aliphatic heterocycles. The average Bonchev–Trinajstić information content (AvgIpc) is 2.30. The highest BCUT2D eigenvalue weighted by Gasteiger charge is 2.10. The molecule has 2 aromatic rings. The van der Waals surface area contributed by atoms with Crippen molar-refractivity contribution in [3.05, 3.63) is 65.7 Å². The highest BCUT2D eigenvalue weighted by Crippen LogP contribution is 2.17. The molecule has 0 heterocycles. The number of carbonyl (C=O) groups excluding carboxylic acids is 1. The Labute approximate surface area is 99.7 Å². The molecule has 0 aliphatic carbocycles. The van der Waals surface area contributed by atoms with E-state index in [0.717, 1.165) is 0 Å². The van der Waals surface area contributed by atoms with Crippen molar-refractivity contribution in [1.82, 2.24) is 0 Å². The Morgan fingerprint density at radius 2 is 1.44 bits per heavy atom. The molecule has 2 aromatic carbocycles. The fourth-order valence-electron chi connectivity index (χ4n) is 1.41. The van der Waals surface area contributed by atoms with E-state index in [-0.39, 0.29) is 11.3 Å². The normalized spacial score (nSPS) is 9.31. The van der Waals surface area contributed by atoms with Gasteiger partial charge in [-0.2, -0.15) is 0 Å². The van der Waals surface area contributed by atoms with Crippen molar-refractivity contribution in [2.45, 2.75) is 4.90 Å². The van der Waals surface area contributed by atoms with Crippen LogP contribution in [-0.2, 0) is 0 Å². The quantitative estimate of drug-likeness (QED) is 0.627. The monoisotopic (exact) mass is 232 g/mol.